The SMILES string of the molecule is CSc1ccccc1NC1CCC(C)(C)CC1C. The third-order valence-corrected chi connectivity index (χ3v) is 4.94. The van der Waals surface area contributed by atoms with E-state index in [-0.39, 0.29) is 0 Å². The molecule has 1 aliphatic rings. The molecular weight excluding hydrogens is 238 g/mol. The first kappa shape index (κ1) is 13.8. The third kappa shape index (κ3) is 3.23. The van der Waals surface area contributed by atoms with Crippen molar-refractivity contribution in [2.75, 3.05) is 11.6 Å². The minimum atomic E-state index is 0.524. The fourth-order valence-corrected chi connectivity index (χ4v) is 3.69. The van der Waals surface area contributed by atoms with E-state index in [1.165, 1.54) is 29.8 Å². The van der Waals surface area contributed by atoms with E-state index in [0.29, 0.717) is 11.5 Å². The van der Waals surface area contributed by atoms with Crippen molar-refractivity contribution in [3.63, 3.8) is 0 Å². The molecule has 2 heteroatoms. The maximum absolute atomic E-state index is 3.77. The molecule has 0 spiro atoms. The first-order valence-electron chi connectivity index (χ1n) is 6.91. The number of anilines is 1. The number of benzene rings is 1. The molecule has 2 atom stereocenters. The van der Waals surface area contributed by atoms with Crippen LogP contribution in [0.15, 0.2) is 29.2 Å². The molecule has 0 aromatic heterocycles. The molecule has 18 heavy (non-hydrogen) atoms. The predicted octanol–water partition coefficient (Wildman–Crippen LogP) is 5.04. The first-order chi connectivity index (χ1) is 8.52. The Labute approximate surface area is 116 Å². The van der Waals surface area contributed by atoms with Gasteiger partial charge in [-0.2, -0.15) is 0 Å². The molecule has 0 radical (unpaired) electrons. The van der Waals surface area contributed by atoms with Crippen LogP contribution in [0.3, 0.4) is 0 Å². The lowest BCUT2D eigenvalue weighted by atomic mass is 9.70. The Balaban J connectivity index is 2.06. The van der Waals surface area contributed by atoms with Crippen molar-refractivity contribution in [1.82, 2.24) is 0 Å². The number of rotatable bonds is 3. The van der Waals surface area contributed by atoms with Gasteiger partial charge >= 0.3 is 0 Å². The van der Waals surface area contributed by atoms with Gasteiger partial charge in [0.2, 0.25) is 0 Å². The average Bonchev–Trinajstić information content (AvgIpc) is 2.33. The molecule has 0 aliphatic heterocycles. The summed E-state index contributed by atoms with van der Waals surface area (Å²) in [4.78, 5) is 1.36. The number of para-hydroxylation sites is 1. The monoisotopic (exact) mass is 263 g/mol. The minimum absolute atomic E-state index is 0.524. The van der Waals surface area contributed by atoms with Crippen LogP contribution in [0.25, 0.3) is 0 Å². The summed E-state index contributed by atoms with van der Waals surface area (Å²) < 4.78 is 0. The van der Waals surface area contributed by atoms with E-state index in [9.17, 15) is 0 Å². The van der Waals surface area contributed by atoms with Crippen molar-refractivity contribution in [2.24, 2.45) is 11.3 Å². The van der Waals surface area contributed by atoms with Crippen LogP contribution in [-0.2, 0) is 0 Å². The van der Waals surface area contributed by atoms with Gasteiger partial charge in [-0.25, -0.2) is 0 Å². The maximum atomic E-state index is 3.77. The first-order valence-corrected chi connectivity index (χ1v) is 8.14. The van der Waals surface area contributed by atoms with Gasteiger partial charge in [0.15, 0.2) is 0 Å². The van der Waals surface area contributed by atoms with Gasteiger partial charge in [0.25, 0.3) is 0 Å². The van der Waals surface area contributed by atoms with E-state index in [1.807, 2.05) is 11.8 Å². The number of hydrogen-bond acceptors (Lipinski definition) is 2. The molecule has 1 saturated carbocycles. The second-order valence-corrected chi connectivity index (χ2v) is 7.18. The molecule has 0 amide bonds. The van der Waals surface area contributed by atoms with Gasteiger partial charge in [0, 0.05) is 16.6 Å². The van der Waals surface area contributed by atoms with Crippen LogP contribution in [0.2, 0.25) is 0 Å². The van der Waals surface area contributed by atoms with Crippen molar-refractivity contribution in [3.05, 3.63) is 24.3 Å². The van der Waals surface area contributed by atoms with Crippen LogP contribution in [0.1, 0.15) is 40.0 Å². The van der Waals surface area contributed by atoms with Gasteiger partial charge in [-0.05, 0) is 49.0 Å². The van der Waals surface area contributed by atoms with Gasteiger partial charge in [0.05, 0.1) is 0 Å². The minimum Gasteiger partial charge on any atom is -0.381 e. The van der Waals surface area contributed by atoms with Gasteiger partial charge in [-0.3, -0.25) is 0 Å². The molecule has 2 unspecified atom stereocenters. The van der Waals surface area contributed by atoms with E-state index in [4.69, 9.17) is 0 Å². The molecule has 1 aliphatic carbocycles. The standard InChI is InChI=1S/C16H25NS/c1-12-11-16(2,3)10-9-13(12)17-14-7-5-6-8-15(14)18-4/h5-8,12-13,17H,9-11H2,1-4H3. The van der Waals surface area contributed by atoms with Crippen molar-refractivity contribution in [1.29, 1.82) is 0 Å². The topological polar surface area (TPSA) is 12.0 Å². The highest BCUT2D eigenvalue weighted by atomic mass is 32.2. The van der Waals surface area contributed by atoms with E-state index in [0.717, 1.165) is 5.92 Å². The third-order valence-electron chi connectivity index (χ3n) is 4.14. The quantitative estimate of drug-likeness (QED) is 0.767. The Kier molecular flexibility index (Phi) is 4.26. The van der Waals surface area contributed by atoms with Crippen molar-refractivity contribution >= 4 is 17.4 Å². The lowest BCUT2D eigenvalue weighted by Gasteiger charge is -2.40. The fraction of sp³-hybridized carbons (Fsp3) is 0.625. The highest BCUT2D eigenvalue weighted by Crippen LogP contribution is 2.40. The normalized spacial score (nSPS) is 26.9. The zero-order valence-corrected chi connectivity index (χ0v) is 12.8. The summed E-state index contributed by atoms with van der Waals surface area (Å²) in [7, 11) is 0. The summed E-state index contributed by atoms with van der Waals surface area (Å²) in [6, 6.07) is 9.28. The van der Waals surface area contributed by atoms with E-state index >= 15 is 0 Å². The lowest BCUT2D eigenvalue weighted by molar-refractivity contribution is 0.177. The van der Waals surface area contributed by atoms with Gasteiger partial charge in [0.1, 0.15) is 0 Å². The summed E-state index contributed by atoms with van der Waals surface area (Å²) in [6.07, 6.45) is 6.09. The molecule has 1 aromatic carbocycles. The summed E-state index contributed by atoms with van der Waals surface area (Å²) in [5.41, 5.74) is 1.83. The van der Waals surface area contributed by atoms with Crippen molar-refractivity contribution in [2.45, 2.75) is 51.0 Å². The van der Waals surface area contributed by atoms with Crippen LogP contribution < -0.4 is 5.32 Å². The van der Waals surface area contributed by atoms with Gasteiger partial charge in [-0.1, -0.05) is 32.9 Å². The predicted molar refractivity (Wildman–Crippen MR) is 82.4 cm³/mol. The Hall–Kier alpha value is -0.630. The van der Waals surface area contributed by atoms with Crippen LogP contribution in [0.5, 0.6) is 0 Å². The largest absolute Gasteiger partial charge is 0.381 e. The van der Waals surface area contributed by atoms with Crippen molar-refractivity contribution in [3.8, 4) is 0 Å². The molecule has 1 nitrogen and oxygen atoms in total. The second kappa shape index (κ2) is 5.56. The molecule has 0 saturated heterocycles. The van der Waals surface area contributed by atoms with Crippen LogP contribution >= 0.6 is 11.8 Å². The summed E-state index contributed by atoms with van der Waals surface area (Å²) in [5.74, 6) is 0.753. The number of hydrogen-bond donors (Lipinski definition) is 1. The average molecular weight is 263 g/mol. The van der Waals surface area contributed by atoms with Gasteiger partial charge in [-0.15, -0.1) is 11.8 Å². The van der Waals surface area contributed by atoms with Crippen LogP contribution in [0.4, 0.5) is 5.69 Å². The van der Waals surface area contributed by atoms with E-state index < -0.39 is 0 Å². The molecule has 100 valence electrons. The fourth-order valence-electron chi connectivity index (χ4n) is 3.12. The van der Waals surface area contributed by atoms with Crippen LogP contribution in [-0.4, -0.2) is 12.3 Å². The van der Waals surface area contributed by atoms with Gasteiger partial charge < -0.3 is 5.32 Å². The number of nitrogens with one attached hydrogen (secondary N) is 1. The molecule has 0 bridgehead atoms. The second-order valence-electron chi connectivity index (χ2n) is 6.34. The van der Waals surface area contributed by atoms with Crippen LogP contribution in [0, 0.1) is 11.3 Å². The summed E-state index contributed by atoms with van der Waals surface area (Å²) in [6.45, 7) is 7.19. The van der Waals surface area contributed by atoms with E-state index in [2.05, 4.69) is 56.6 Å². The smallest absolute Gasteiger partial charge is 0.0480 e. The Morgan fingerprint density at radius 3 is 2.67 bits per heavy atom. The Morgan fingerprint density at radius 2 is 2.00 bits per heavy atom. The Bertz CT molecular complexity index is 400. The molecule has 2 rings (SSSR count). The molecule has 1 N–H and O–H groups in total. The molecule has 0 heterocycles. The van der Waals surface area contributed by atoms with E-state index in [1.54, 1.807) is 0 Å². The lowest BCUT2D eigenvalue weighted by Crippen LogP contribution is -2.36. The summed E-state index contributed by atoms with van der Waals surface area (Å²) in [5, 5.41) is 3.77. The zero-order chi connectivity index (χ0) is 13.2. The zero-order valence-electron chi connectivity index (χ0n) is 12.0. The summed E-state index contributed by atoms with van der Waals surface area (Å²) >= 11 is 1.82. The molecule has 1 fully saturated rings. The molecular formula is C16H25NS. The Morgan fingerprint density at radius 1 is 1.28 bits per heavy atom. The number of thioether (sulfide) groups is 1. The highest BCUT2D eigenvalue weighted by Gasteiger charge is 2.32. The highest BCUT2D eigenvalue weighted by molar-refractivity contribution is 7.98. The molecule has 1 aromatic rings. The van der Waals surface area contributed by atoms with Crippen molar-refractivity contribution < 1.29 is 0 Å². The maximum Gasteiger partial charge on any atom is 0.0480 e.